The van der Waals surface area contributed by atoms with Gasteiger partial charge in [0.25, 0.3) is 0 Å². The van der Waals surface area contributed by atoms with E-state index in [-0.39, 0.29) is 19.1 Å². The third-order valence-corrected chi connectivity index (χ3v) is 5.57. The van der Waals surface area contributed by atoms with Crippen molar-refractivity contribution in [1.82, 2.24) is 0 Å². The number of methoxy groups -OCH3 is 1. The Balaban J connectivity index is 2.37. The fraction of sp³-hybridized carbons (Fsp3) is 0.538. The second-order valence-electron chi connectivity index (χ2n) is 5.05. The molecule has 2 atom stereocenters. The molecule has 19 heavy (non-hydrogen) atoms. The minimum atomic E-state index is -3.33. The summed E-state index contributed by atoms with van der Waals surface area (Å²) in [6.07, 6.45) is 1.14. The fourth-order valence-electron chi connectivity index (χ4n) is 2.87. The molecule has 0 heterocycles. The summed E-state index contributed by atoms with van der Waals surface area (Å²) in [5, 5.41) is 18.2. The Morgan fingerprint density at radius 3 is 2.05 bits per heavy atom. The van der Waals surface area contributed by atoms with Crippen molar-refractivity contribution in [2.24, 2.45) is 5.41 Å². The Morgan fingerprint density at radius 1 is 1.21 bits per heavy atom. The van der Waals surface area contributed by atoms with Gasteiger partial charge in [0.2, 0.25) is 0 Å². The van der Waals surface area contributed by atoms with Crippen molar-refractivity contribution in [3.05, 3.63) is 29.8 Å². The Morgan fingerprint density at radius 2 is 1.74 bits per heavy atom. The zero-order chi connectivity index (χ0) is 14.3. The van der Waals surface area contributed by atoms with Crippen LogP contribution in [0.25, 0.3) is 0 Å². The Bertz CT molecular complexity index is 545. The number of aliphatic hydroxyl groups excluding tert-OH is 2. The van der Waals surface area contributed by atoms with Crippen LogP contribution >= 0.6 is 0 Å². The van der Waals surface area contributed by atoms with E-state index in [2.05, 4.69) is 0 Å². The van der Waals surface area contributed by atoms with Crippen molar-refractivity contribution in [3.63, 3.8) is 0 Å². The maximum atomic E-state index is 11.8. The van der Waals surface area contributed by atoms with Crippen LogP contribution < -0.4 is 4.74 Å². The van der Waals surface area contributed by atoms with E-state index in [1.54, 1.807) is 31.4 Å². The van der Waals surface area contributed by atoms with Crippen LogP contribution in [0.1, 0.15) is 11.5 Å². The molecule has 0 saturated heterocycles. The predicted octanol–water partition coefficient (Wildman–Crippen LogP) is 0.177. The molecule has 1 saturated carbocycles. The van der Waals surface area contributed by atoms with Crippen LogP contribution in [0.4, 0.5) is 0 Å². The molecule has 106 valence electrons. The number of sulfone groups is 1. The summed E-state index contributed by atoms with van der Waals surface area (Å²) in [6, 6.07) is 7.03. The van der Waals surface area contributed by atoms with E-state index < -0.39 is 20.5 Å². The maximum absolute atomic E-state index is 11.8. The molecule has 0 aromatic heterocycles. The van der Waals surface area contributed by atoms with E-state index in [0.29, 0.717) is 5.75 Å². The predicted molar refractivity (Wildman–Crippen MR) is 71.0 cm³/mol. The molecular weight excluding hydrogens is 268 g/mol. The van der Waals surface area contributed by atoms with Gasteiger partial charge in [-0.3, -0.25) is 0 Å². The zero-order valence-electron chi connectivity index (χ0n) is 10.9. The summed E-state index contributed by atoms with van der Waals surface area (Å²) < 4.78 is 28.6. The molecule has 0 bridgehead atoms. The van der Waals surface area contributed by atoms with Crippen molar-refractivity contribution in [2.45, 2.75) is 11.2 Å². The van der Waals surface area contributed by atoms with Crippen LogP contribution in [-0.2, 0) is 9.84 Å². The van der Waals surface area contributed by atoms with E-state index in [1.165, 1.54) is 0 Å². The molecule has 1 aromatic carbocycles. The zero-order valence-corrected chi connectivity index (χ0v) is 11.7. The first-order valence-corrected chi connectivity index (χ1v) is 7.90. The summed E-state index contributed by atoms with van der Waals surface area (Å²) >= 11 is 0. The highest BCUT2D eigenvalue weighted by Crippen LogP contribution is 2.62. The van der Waals surface area contributed by atoms with E-state index >= 15 is 0 Å². The first-order chi connectivity index (χ1) is 8.90. The third-order valence-electron chi connectivity index (χ3n) is 3.90. The molecule has 5 nitrogen and oxygen atoms in total. The second-order valence-corrected chi connectivity index (χ2v) is 7.22. The van der Waals surface area contributed by atoms with Crippen LogP contribution in [0.3, 0.4) is 0 Å². The van der Waals surface area contributed by atoms with Gasteiger partial charge in [0.05, 0.1) is 25.6 Å². The lowest BCUT2D eigenvalue weighted by Crippen LogP contribution is -2.22. The molecule has 1 fully saturated rings. The number of benzene rings is 1. The molecule has 0 unspecified atom stereocenters. The van der Waals surface area contributed by atoms with Gasteiger partial charge in [-0.05, 0) is 17.7 Å². The Kier molecular flexibility index (Phi) is 3.59. The Hall–Kier alpha value is -1.11. The van der Waals surface area contributed by atoms with Crippen LogP contribution in [0.2, 0.25) is 0 Å². The third kappa shape index (κ3) is 2.24. The number of hydrogen-bond acceptors (Lipinski definition) is 5. The average Bonchev–Trinajstić information content (AvgIpc) is 3.09. The van der Waals surface area contributed by atoms with Gasteiger partial charge in [-0.15, -0.1) is 0 Å². The van der Waals surface area contributed by atoms with Crippen molar-refractivity contribution < 1.29 is 23.4 Å². The normalized spacial score (nSPS) is 25.1. The molecule has 2 rings (SSSR count). The molecule has 0 aliphatic heterocycles. The number of ether oxygens (including phenoxy) is 1. The lowest BCUT2D eigenvalue weighted by atomic mass is 10.0. The summed E-state index contributed by atoms with van der Waals surface area (Å²) in [5.74, 6) is 0.308. The molecule has 0 amide bonds. The van der Waals surface area contributed by atoms with Crippen molar-refractivity contribution in [1.29, 1.82) is 0 Å². The molecule has 0 radical (unpaired) electrons. The topological polar surface area (TPSA) is 83.8 Å². The number of rotatable bonds is 5. The molecule has 1 aliphatic carbocycles. The van der Waals surface area contributed by atoms with Crippen molar-refractivity contribution in [2.75, 3.05) is 26.6 Å². The summed E-state index contributed by atoms with van der Waals surface area (Å²) in [4.78, 5) is 0. The van der Waals surface area contributed by atoms with Gasteiger partial charge in [-0.2, -0.15) is 0 Å². The van der Waals surface area contributed by atoms with Crippen LogP contribution in [0, 0.1) is 5.41 Å². The van der Waals surface area contributed by atoms with E-state index in [0.717, 1.165) is 11.8 Å². The summed E-state index contributed by atoms with van der Waals surface area (Å²) in [7, 11) is -1.77. The number of hydrogen-bond donors (Lipinski definition) is 2. The molecule has 0 spiro atoms. The van der Waals surface area contributed by atoms with E-state index in [9.17, 15) is 18.6 Å². The lowest BCUT2D eigenvalue weighted by Gasteiger charge is -2.10. The second kappa shape index (κ2) is 4.77. The average molecular weight is 286 g/mol. The fourth-order valence-corrected chi connectivity index (χ4v) is 4.86. The molecule has 6 heteroatoms. The van der Waals surface area contributed by atoms with Crippen LogP contribution in [0.15, 0.2) is 24.3 Å². The SMILES string of the molecule is COc1ccc([C@H]2[C@H](S(C)(=O)=O)C2(CO)CO)cc1. The highest BCUT2D eigenvalue weighted by atomic mass is 32.2. The van der Waals surface area contributed by atoms with Crippen LogP contribution in [-0.4, -0.2) is 50.5 Å². The van der Waals surface area contributed by atoms with Crippen molar-refractivity contribution >= 4 is 9.84 Å². The van der Waals surface area contributed by atoms with Crippen molar-refractivity contribution in [3.8, 4) is 5.75 Å². The highest BCUT2D eigenvalue weighted by Gasteiger charge is 2.69. The lowest BCUT2D eigenvalue weighted by molar-refractivity contribution is 0.130. The number of aliphatic hydroxyl groups is 2. The quantitative estimate of drug-likeness (QED) is 0.806. The highest BCUT2D eigenvalue weighted by molar-refractivity contribution is 7.91. The first-order valence-electron chi connectivity index (χ1n) is 5.95. The molecule has 1 aromatic rings. The van der Waals surface area contributed by atoms with Gasteiger partial charge in [-0.1, -0.05) is 12.1 Å². The molecule has 2 N–H and O–H groups in total. The van der Waals surface area contributed by atoms with E-state index in [4.69, 9.17) is 4.74 Å². The van der Waals surface area contributed by atoms with Gasteiger partial charge in [-0.25, -0.2) is 8.42 Å². The summed E-state index contributed by atoms with van der Waals surface area (Å²) in [6.45, 7) is -0.699. The van der Waals surface area contributed by atoms with Crippen LogP contribution in [0.5, 0.6) is 5.75 Å². The van der Waals surface area contributed by atoms with Gasteiger partial charge >= 0.3 is 0 Å². The maximum Gasteiger partial charge on any atom is 0.151 e. The smallest absolute Gasteiger partial charge is 0.151 e. The minimum absolute atomic E-state index is 0.349. The monoisotopic (exact) mass is 286 g/mol. The van der Waals surface area contributed by atoms with Gasteiger partial charge in [0.15, 0.2) is 9.84 Å². The molecule has 1 aliphatic rings. The van der Waals surface area contributed by atoms with Gasteiger partial charge in [0, 0.05) is 17.6 Å². The largest absolute Gasteiger partial charge is 0.497 e. The standard InChI is InChI=1S/C13H18O5S/c1-18-10-5-3-9(4-6-10)11-12(19(2,16)17)13(11,7-14)8-15/h3-6,11-12,14-15H,7-8H2,1-2H3/t11-,12-/m0/s1. The first kappa shape index (κ1) is 14.3. The van der Waals surface area contributed by atoms with E-state index in [1.807, 2.05) is 0 Å². The molecular formula is C13H18O5S. The van der Waals surface area contributed by atoms with Gasteiger partial charge in [0.1, 0.15) is 5.75 Å². The summed E-state index contributed by atoms with van der Waals surface area (Å²) in [5.41, 5.74) is -0.179. The minimum Gasteiger partial charge on any atom is -0.497 e. The Labute approximate surface area is 112 Å². The van der Waals surface area contributed by atoms with Gasteiger partial charge < -0.3 is 14.9 Å².